The Kier molecular flexibility index (Phi) is 8.67. The Morgan fingerprint density at radius 2 is 1.52 bits per heavy atom. The maximum absolute atomic E-state index is 12.0. The van der Waals surface area contributed by atoms with Crippen LogP contribution in [0.2, 0.25) is 0 Å². The second-order valence-electron chi connectivity index (χ2n) is 5.65. The molecule has 1 aliphatic rings. The maximum Gasteiger partial charge on any atom is 0.573 e. The fraction of sp³-hybridized carbons (Fsp3) is 0.562. The molecule has 0 atom stereocenters. The number of hydrogen-bond acceptors (Lipinski definition) is 4. The van der Waals surface area contributed by atoms with Crippen LogP contribution in [-0.4, -0.2) is 43.3 Å². The van der Waals surface area contributed by atoms with Gasteiger partial charge in [-0.25, -0.2) is 4.79 Å². The molecule has 27 heavy (non-hydrogen) atoms. The van der Waals surface area contributed by atoms with Crippen molar-refractivity contribution in [2.24, 2.45) is 5.92 Å². The van der Waals surface area contributed by atoms with Crippen LogP contribution in [0.25, 0.3) is 0 Å². The average molecular weight is 403 g/mol. The molecule has 0 radical (unpaired) electrons. The SMILES string of the molecule is FC(F)(F)Oc1ccc(OCCC2CCNCC2)cc1.O=C(O)C(F)(F)F. The average Bonchev–Trinajstić information content (AvgIpc) is 2.56. The Morgan fingerprint density at radius 3 is 1.96 bits per heavy atom. The Balaban J connectivity index is 0.000000445. The molecule has 0 aliphatic carbocycles. The normalized spacial score (nSPS) is 15.5. The fourth-order valence-electron chi connectivity index (χ4n) is 2.25. The first-order valence-electron chi connectivity index (χ1n) is 7.97. The van der Waals surface area contributed by atoms with Gasteiger partial charge in [-0.1, -0.05) is 0 Å². The van der Waals surface area contributed by atoms with Crippen LogP contribution in [0.1, 0.15) is 19.3 Å². The van der Waals surface area contributed by atoms with Crippen molar-refractivity contribution in [2.75, 3.05) is 19.7 Å². The number of carboxylic acid groups (broad SMARTS) is 1. The van der Waals surface area contributed by atoms with Crippen LogP contribution in [0.5, 0.6) is 11.5 Å². The summed E-state index contributed by atoms with van der Waals surface area (Å²) in [5, 5.41) is 10.4. The van der Waals surface area contributed by atoms with Crippen LogP contribution in [-0.2, 0) is 4.79 Å². The Labute approximate surface area is 151 Å². The van der Waals surface area contributed by atoms with Crippen LogP contribution in [0.4, 0.5) is 26.3 Å². The molecule has 1 saturated heterocycles. The lowest BCUT2D eigenvalue weighted by Crippen LogP contribution is -2.28. The summed E-state index contributed by atoms with van der Waals surface area (Å²) in [7, 11) is 0. The fourth-order valence-corrected chi connectivity index (χ4v) is 2.25. The molecule has 0 unspecified atom stereocenters. The van der Waals surface area contributed by atoms with Crippen LogP contribution in [0, 0.1) is 5.92 Å². The number of aliphatic carboxylic acids is 1. The molecule has 1 aromatic carbocycles. The maximum atomic E-state index is 12.0. The van der Waals surface area contributed by atoms with Crippen LogP contribution in [0.3, 0.4) is 0 Å². The lowest BCUT2D eigenvalue weighted by atomic mass is 9.95. The van der Waals surface area contributed by atoms with Crippen molar-refractivity contribution in [3.8, 4) is 11.5 Å². The van der Waals surface area contributed by atoms with Gasteiger partial charge in [-0.2, -0.15) is 13.2 Å². The quantitative estimate of drug-likeness (QED) is 0.728. The summed E-state index contributed by atoms with van der Waals surface area (Å²) in [5.41, 5.74) is 0. The van der Waals surface area contributed by atoms with Gasteiger partial charge in [0, 0.05) is 0 Å². The van der Waals surface area contributed by atoms with E-state index in [1.807, 2.05) is 0 Å². The monoisotopic (exact) mass is 403 g/mol. The highest BCUT2D eigenvalue weighted by Crippen LogP contribution is 2.25. The van der Waals surface area contributed by atoms with Gasteiger partial charge in [0.25, 0.3) is 0 Å². The van der Waals surface area contributed by atoms with Crippen molar-refractivity contribution in [3.05, 3.63) is 24.3 Å². The predicted octanol–water partition coefficient (Wildman–Crippen LogP) is 3.99. The van der Waals surface area contributed by atoms with Gasteiger partial charge in [0.15, 0.2) is 0 Å². The van der Waals surface area contributed by atoms with E-state index in [0.29, 0.717) is 18.3 Å². The van der Waals surface area contributed by atoms with Gasteiger partial charge in [0.2, 0.25) is 0 Å². The number of ether oxygens (including phenoxy) is 2. The molecule has 5 nitrogen and oxygen atoms in total. The first kappa shape index (κ1) is 22.9. The lowest BCUT2D eigenvalue weighted by Gasteiger charge is -2.22. The number of alkyl halides is 6. The molecule has 0 aromatic heterocycles. The third-order valence-corrected chi connectivity index (χ3v) is 3.55. The standard InChI is InChI=1S/C14H18F3NO2.C2HF3O2/c15-14(16,17)20-13-3-1-12(2-4-13)19-10-7-11-5-8-18-9-6-11;3-2(4,5)1(6)7/h1-4,11,18H,5-10H2;(H,6,7). The molecule has 2 N–H and O–H groups in total. The van der Waals surface area contributed by atoms with Gasteiger partial charge >= 0.3 is 18.5 Å². The van der Waals surface area contributed by atoms with Crippen molar-refractivity contribution in [1.82, 2.24) is 5.32 Å². The summed E-state index contributed by atoms with van der Waals surface area (Å²) in [6, 6.07) is 5.49. The Morgan fingerprint density at radius 1 is 1.04 bits per heavy atom. The van der Waals surface area contributed by atoms with Crippen LogP contribution < -0.4 is 14.8 Å². The van der Waals surface area contributed by atoms with E-state index in [0.717, 1.165) is 32.4 Å². The summed E-state index contributed by atoms with van der Waals surface area (Å²) in [4.78, 5) is 8.90. The zero-order valence-corrected chi connectivity index (χ0v) is 14.1. The number of carboxylic acids is 1. The zero-order valence-electron chi connectivity index (χ0n) is 14.1. The van der Waals surface area contributed by atoms with Crippen molar-refractivity contribution >= 4 is 5.97 Å². The molecule has 0 amide bonds. The summed E-state index contributed by atoms with van der Waals surface area (Å²) >= 11 is 0. The number of benzene rings is 1. The predicted molar refractivity (Wildman–Crippen MR) is 82.5 cm³/mol. The van der Waals surface area contributed by atoms with E-state index in [4.69, 9.17) is 14.6 Å². The highest BCUT2D eigenvalue weighted by Gasteiger charge is 2.38. The minimum absolute atomic E-state index is 0.233. The number of nitrogens with one attached hydrogen (secondary N) is 1. The third kappa shape index (κ3) is 10.5. The first-order valence-corrected chi connectivity index (χ1v) is 7.97. The highest BCUT2D eigenvalue weighted by atomic mass is 19.4. The van der Waals surface area contributed by atoms with E-state index >= 15 is 0 Å². The van der Waals surface area contributed by atoms with Gasteiger partial charge in [-0.3, -0.25) is 0 Å². The number of hydrogen-bond donors (Lipinski definition) is 2. The summed E-state index contributed by atoms with van der Waals surface area (Å²) in [5.74, 6) is -1.76. The molecule has 2 rings (SSSR count). The second-order valence-corrected chi connectivity index (χ2v) is 5.65. The number of halogens is 6. The molecule has 1 heterocycles. The molecule has 11 heteroatoms. The molecule has 1 aliphatic heterocycles. The summed E-state index contributed by atoms with van der Waals surface area (Å²) in [6.45, 7) is 2.69. The molecule has 1 fully saturated rings. The molecule has 154 valence electrons. The number of rotatable bonds is 5. The van der Waals surface area contributed by atoms with Gasteiger partial charge in [-0.05, 0) is 62.5 Å². The molecule has 0 spiro atoms. The van der Waals surface area contributed by atoms with E-state index in [-0.39, 0.29) is 5.75 Å². The van der Waals surface area contributed by atoms with Crippen LogP contribution >= 0.6 is 0 Å². The molecule has 0 saturated carbocycles. The Hall–Kier alpha value is -2.17. The lowest BCUT2D eigenvalue weighted by molar-refractivity contribution is -0.274. The zero-order chi connectivity index (χ0) is 20.5. The minimum atomic E-state index is -5.08. The topological polar surface area (TPSA) is 67.8 Å². The highest BCUT2D eigenvalue weighted by molar-refractivity contribution is 5.73. The van der Waals surface area contributed by atoms with E-state index in [2.05, 4.69) is 10.1 Å². The van der Waals surface area contributed by atoms with E-state index < -0.39 is 18.5 Å². The molecule has 0 bridgehead atoms. The van der Waals surface area contributed by atoms with Gasteiger partial charge in [-0.15, -0.1) is 13.2 Å². The van der Waals surface area contributed by atoms with E-state index in [1.165, 1.54) is 24.3 Å². The van der Waals surface area contributed by atoms with Gasteiger partial charge in [0.1, 0.15) is 11.5 Å². The van der Waals surface area contributed by atoms with E-state index in [9.17, 15) is 26.3 Å². The van der Waals surface area contributed by atoms with Crippen molar-refractivity contribution in [1.29, 1.82) is 0 Å². The van der Waals surface area contributed by atoms with Gasteiger partial charge < -0.3 is 19.9 Å². The van der Waals surface area contributed by atoms with Crippen molar-refractivity contribution in [2.45, 2.75) is 31.8 Å². The minimum Gasteiger partial charge on any atom is -0.494 e. The van der Waals surface area contributed by atoms with Crippen LogP contribution in [0.15, 0.2) is 24.3 Å². The van der Waals surface area contributed by atoms with E-state index in [1.54, 1.807) is 0 Å². The van der Waals surface area contributed by atoms with Crippen molar-refractivity contribution < 1.29 is 45.7 Å². The number of piperidine rings is 1. The number of carbonyl (C=O) groups is 1. The smallest absolute Gasteiger partial charge is 0.494 e. The van der Waals surface area contributed by atoms with Crippen molar-refractivity contribution in [3.63, 3.8) is 0 Å². The second kappa shape index (κ2) is 10.2. The summed E-state index contributed by atoms with van der Waals surface area (Å²) in [6.07, 6.45) is -6.46. The largest absolute Gasteiger partial charge is 0.573 e. The molecule has 1 aromatic rings. The van der Waals surface area contributed by atoms with Gasteiger partial charge in [0.05, 0.1) is 6.61 Å². The molecular formula is C16H19F6NO4. The Bertz CT molecular complexity index is 568. The third-order valence-electron chi connectivity index (χ3n) is 3.55. The first-order chi connectivity index (χ1) is 12.5. The summed E-state index contributed by atoms with van der Waals surface area (Å²) < 4.78 is 77.0. The molecular weight excluding hydrogens is 384 g/mol.